The summed E-state index contributed by atoms with van der Waals surface area (Å²) in [5, 5.41) is 10.7. The highest BCUT2D eigenvalue weighted by Gasteiger charge is 2.24. The quantitative estimate of drug-likeness (QED) is 0.302. The number of hydrogen-bond acceptors (Lipinski definition) is 5. The van der Waals surface area contributed by atoms with Crippen LogP contribution in [-0.4, -0.2) is 37.2 Å². The first kappa shape index (κ1) is 23.3. The lowest BCUT2D eigenvalue weighted by molar-refractivity contribution is 0.0956. The summed E-state index contributed by atoms with van der Waals surface area (Å²) < 4.78 is 30.0. The van der Waals surface area contributed by atoms with Gasteiger partial charge in [-0.25, -0.2) is 13.1 Å². The van der Waals surface area contributed by atoms with Crippen LogP contribution in [0.3, 0.4) is 0 Å². The average Bonchev–Trinajstić information content (AvgIpc) is 3.26. The first-order valence-electron chi connectivity index (χ1n) is 10.4. The summed E-state index contributed by atoms with van der Waals surface area (Å²) in [7, 11) is -4.01. The molecule has 0 aliphatic carbocycles. The Morgan fingerprint density at radius 2 is 1.53 bits per heavy atom. The Balaban J connectivity index is 1.56. The molecule has 1 aromatic heterocycles. The van der Waals surface area contributed by atoms with Gasteiger partial charge in [-0.1, -0.05) is 48.0 Å². The van der Waals surface area contributed by atoms with Gasteiger partial charge in [0, 0.05) is 23.8 Å². The second kappa shape index (κ2) is 10.4. The van der Waals surface area contributed by atoms with Crippen molar-refractivity contribution in [2.45, 2.75) is 4.90 Å². The maximum atomic E-state index is 13.0. The maximum absolute atomic E-state index is 13.0. The standard InChI is InChI=1S/C24H22ClN5O3S/c25-18-11-13-21(14-12-18)34(32,33)29-23-22(17-28-30(23)20-9-5-2-6-10-20)24(31)27-16-15-26-19-7-3-1-4-8-19/h1-14,17,26,29H,15-16H2,(H,27,31). The third-order valence-corrected chi connectivity index (χ3v) is 6.49. The zero-order valence-corrected chi connectivity index (χ0v) is 19.6. The van der Waals surface area contributed by atoms with E-state index in [4.69, 9.17) is 11.6 Å². The molecule has 0 fully saturated rings. The van der Waals surface area contributed by atoms with Crippen LogP contribution in [0.2, 0.25) is 5.02 Å². The summed E-state index contributed by atoms with van der Waals surface area (Å²) in [5.41, 5.74) is 1.63. The van der Waals surface area contributed by atoms with Crippen molar-refractivity contribution in [3.05, 3.63) is 102 Å². The SMILES string of the molecule is O=C(NCCNc1ccccc1)c1cnn(-c2ccccc2)c1NS(=O)(=O)c1ccc(Cl)cc1. The van der Waals surface area contributed by atoms with E-state index in [1.54, 1.807) is 24.3 Å². The number of benzene rings is 3. The maximum Gasteiger partial charge on any atom is 0.263 e. The number of para-hydroxylation sites is 2. The van der Waals surface area contributed by atoms with Crippen molar-refractivity contribution >= 4 is 39.0 Å². The zero-order chi connectivity index (χ0) is 24.0. The Hall–Kier alpha value is -3.82. The number of nitrogens with zero attached hydrogens (tertiary/aromatic N) is 2. The van der Waals surface area contributed by atoms with Gasteiger partial charge in [0.2, 0.25) is 0 Å². The van der Waals surface area contributed by atoms with E-state index in [0.29, 0.717) is 23.8 Å². The molecule has 0 atom stereocenters. The summed E-state index contributed by atoms with van der Waals surface area (Å²) in [4.78, 5) is 13.0. The Labute approximate surface area is 202 Å². The molecule has 4 rings (SSSR count). The highest BCUT2D eigenvalue weighted by molar-refractivity contribution is 7.92. The molecule has 0 unspecified atom stereocenters. The first-order valence-corrected chi connectivity index (χ1v) is 12.3. The van der Waals surface area contributed by atoms with E-state index in [-0.39, 0.29) is 16.3 Å². The molecule has 34 heavy (non-hydrogen) atoms. The molecule has 1 heterocycles. The molecular weight excluding hydrogens is 474 g/mol. The number of carbonyl (C=O) groups is 1. The van der Waals surface area contributed by atoms with Crippen molar-refractivity contribution in [2.24, 2.45) is 0 Å². The van der Waals surface area contributed by atoms with Crippen molar-refractivity contribution in [1.29, 1.82) is 0 Å². The van der Waals surface area contributed by atoms with Gasteiger partial charge in [0.25, 0.3) is 15.9 Å². The average molecular weight is 496 g/mol. The zero-order valence-electron chi connectivity index (χ0n) is 18.0. The van der Waals surface area contributed by atoms with Gasteiger partial charge in [-0.15, -0.1) is 0 Å². The highest BCUT2D eigenvalue weighted by atomic mass is 35.5. The molecule has 0 aliphatic rings. The molecule has 0 aliphatic heterocycles. The van der Waals surface area contributed by atoms with Gasteiger partial charge in [-0.3, -0.25) is 9.52 Å². The van der Waals surface area contributed by atoms with Crippen LogP contribution >= 0.6 is 11.6 Å². The molecule has 0 spiro atoms. The van der Waals surface area contributed by atoms with Crippen molar-refractivity contribution in [3.63, 3.8) is 0 Å². The molecule has 4 aromatic rings. The topological polar surface area (TPSA) is 105 Å². The van der Waals surface area contributed by atoms with Crippen LogP contribution in [0.1, 0.15) is 10.4 Å². The van der Waals surface area contributed by atoms with Crippen molar-refractivity contribution < 1.29 is 13.2 Å². The fourth-order valence-corrected chi connectivity index (χ4v) is 4.40. The van der Waals surface area contributed by atoms with Gasteiger partial charge in [0.05, 0.1) is 16.8 Å². The van der Waals surface area contributed by atoms with Gasteiger partial charge in [0.1, 0.15) is 5.56 Å². The van der Waals surface area contributed by atoms with Gasteiger partial charge in [-0.2, -0.15) is 5.10 Å². The Kier molecular flexibility index (Phi) is 7.15. The number of aromatic nitrogens is 2. The van der Waals surface area contributed by atoms with Crippen LogP contribution in [0.5, 0.6) is 0 Å². The van der Waals surface area contributed by atoms with E-state index in [1.165, 1.54) is 35.1 Å². The molecule has 10 heteroatoms. The normalized spacial score (nSPS) is 11.1. The number of amides is 1. The van der Waals surface area contributed by atoms with Crippen LogP contribution in [0, 0.1) is 0 Å². The second-order valence-electron chi connectivity index (χ2n) is 7.26. The van der Waals surface area contributed by atoms with Crippen molar-refractivity contribution in [1.82, 2.24) is 15.1 Å². The third-order valence-electron chi connectivity index (χ3n) is 4.88. The number of rotatable bonds is 9. The van der Waals surface area contributed by atoms with E-state index in [0.717, 1.165) is 5.69 Å². The number of carbonyl (C=O) groups excluding carboxylic acids is 1. The lowest BCUT2D eigenvalue weighted by Crippen LogP contribution is -2.29. The number of nitrogens with one attached hydrogen (secondary N) is 3. The highest BCUT2D eigenvalue weighted by Crippen LogP contribution is 2.24. The van der Waals surface area contributed by atoms with E-state index in [2.05, 4.69) is 20.5 Å². The summed E-state index contributed by atoms with van der Waals surface area (Å²) in [6.45, 7) is 0.821. The smallest absolute Gasteiger partial charge is 0.263 e. The molecule has 0 saturated heterocycles. The van der Waals surface area contributed by atoms with Gasteiger partial charge in [0.15, 0.2) is 5.82 Å². The molecule has 1 amide bonds. The molecule has 3 aromatic carbocycles. The van der Waals surface area contributed by atoms with Crippen LogP contribution in [-0.2, 0) is 10.0 Å². The number of sulfonamides is 1. The molecule has 0 saturated carbocycles. The second-order valence-corrected chi connectivity index (χ2v) is 9.38. The largest absolute Gasteiger partial charge is 0.383 e. The van der Waals surface area contributed by atoms with Gasteiger partial charge in [-0.05, 0) is 48.5 Å². The van der Waals surface area contributed by atoms with Crippen molar-refractivity contribution in [3.8, 4) is 5.69 Å². The van der Waals surface area contributed by atoms with Crippen molar-refractivity contribution in [2.75, 3.05) is 23.1 Å². The van der Waals surface area contributed by atoms with Gasteiger partial charge >= 0.3 is 0 Å². The Morgan fingerprint density at radius 1 is 0.882 bits per heavy atom. The fourth-order valence-electron chi connectivity index (χ4n) is 3.21. The van der Waals surface area contributed by atoms with E-state index < -0.39 is 15.9 Å². The van der Waals surface area contributed by atoms with E-state index >= 15 is 0 Å². The Morgan fingerprint density at radius 3 is 2.21 bits per heavy atom. The minimum atomic E-state index is -4.01. The van der Waals surface area contributed by atoms with Crippen LogP contribution in [0.25, 0.3) is 5.69 Å². The minimum Gasteiger partial charge on any atom is -0.383 e. The van der Waals surface area contributed by atoms with E-state index in [9.17, 15) is 13.2 Å². The summed E-state index contributed by atoms with van der Waals surface area (Å²) in [5.74, 6) is -0.416. The summed E-state index contributed by atoms with van der Waals surface area (Å²) in [6, 6.07) is 24.3. The van der Waals surface area contributed by atoms with Gasteiger partial charge < -0.3 is 10.6 Å². The molecule has 3 N–H and O–H groups in total. The lowest BCUT2D eigenvalue weighted by Gasteiger charge is -2.13. The molecule has 0 radical (unpaired) electrons. The van der Waals surface area contributed by atoms with E-state index in [1.807, 2.05) is 36.4 Å². The predicted molar refractivity (Wildman–Crippen MR) is 133 cm³/mol. The molecule has 174 valence electrons. The monoisotopic (exact) mass is 495 g/mol. The number of halogens is 1. The van der Waals surface area contributed by atoms with Crippen LogP contribution < -0.4 is 15.4 Å². The molecule has 0 bridgehead atoms. The summed E-state index contributed by atoms with van der Waals surface area (Å²) in [6.07, 6.45) is 1.34. The predicted octanol–water partition coefficient (Wildman–Crippen LogP) is 4.17. The van der Waals surface area contributed by atoms with Crippen LogP contribution in [0.4, 0.5) is 11.5 Å². The first-order chi connectivity index (χ1) is 16.4. The third kappa shape index (κ3) is 5.56. The minimum absolute atomic E-state index is 0.0103. The Bertz CT molecular complexity index is 1360. The number of hydrogen-bond donors (Lipinski definition) is 3. The fraction of sp³-hybridized carbons (Fsp3) is 0.0833. The number of anilines is 2. The lowest BCUT2D eigenvalue weighted by atomic mass is 10.3. The van der Waals surface area contributed by atoms with Crippen LogP contribution in [0.15, 0.2) is 96.0 Å². The summed E-state index contributed by atoms with van der Waals surface area (Å²) >= 11 is 5.89. The molecular formula is C24H22ClN5O3S. The molecule has 8 nitrogen and oxygen atoms in total.